The number of thioether (sulfide) groups is 1. The van der Waals surface area contributed by atoms with Crippen molar-refractivity contribution in [2.45, 2.75) is 11.8 Å². The monoisotopic (exact) mass is 436 g/mol. The lowest BCUT2D eigenvalue weighted by Gasteiger charge is -2.07. The molecule has 30 heavy (non-hydrogen) atoms. The third-order valence-electron chi connectivity index (χ3n) is 4.26. The van der Waals surface area contributed by atoms with Gasteiger partial charge < -0.3 is 14.8 Å². The number of carboxylic acid groups (broad SMARTS) is 1. The molecular weight excluding hydrogens is 420 g/mol. The number of nitrogens with zero attached hydrogens (tertiary/aromatic N) is 1. The maximum absolute atomic E-state index is 11.7. The number of hydrogen-bond donors (Lipinski definition) is 2. The van der Waals surface area contributed by atoms with Gasteiger partial charge in [0.25, 0.3) is 0 Å². The first-order valence-electron chi connectivity index (χ1n) is 9.12. The highest BCUT2D eigenvalue weighted by Gasteiger charge is 2.13. The summed E-state index contributed by atoms with van der Waals surface area (Å²) in [6.45, 7) is 0.401. The molecule has 0 bridgehead atoms. The van der Waals surface area contributed by atoms with Gasteiger partial charge in [-0.2, -0.15) is 0 Å². The van der Waals surface area contributed by atoms with Crippen LogP contribution < -0.4 is 4.74 Å². The fraction of sp³-hybridized carbons (Fsp3) is 0.0435. The summed E-state index contributed by atoms with van der Waals surface area (Å²) < 4.78 is 5.77. The summed E-state index contributed by atoms with van der Waals surface area (Å²) in [4.78, 5) is 19.4. The number of hydrogen-bond acceptors (Lipinski definition) is 4. The van der Waals surface area contributed by atoms with E-state index in [1.165, 1.54) is 0 Å². The molecule has 150 valence electrons. The first kappa shape index (κ1) is 20.1. The van der Waals surface area contributed by atoms with Crippen LogP contribution in [0.5, 0.6) is 5.75 Å². The molecule has 0 unspecified atom stereocenters. The largest absolute Gasteiger partial charge is 0.489 e. The third kappa shape index (κ3) is 5.03. The average molecular weight is 437 g/mol. The summed E-state index contributed by atoms with van der Waals surface area (Å²) in [5, 5.41) is 10.8. The highest BCUT2D eigenvalue weighted by atomic mass is 35.5. The lowest BCUT2D eigenvalue weighted by molar-refractivity contribution is -0.131. The number of para-hydroxylation sites is 2. The van der Waals surface area contributed by atoms with E-state index in [9.17, 15) is 9.90 Å². The first-order valence-corrected chi connectivity index (χ1v) is 10.3. The molecule has 0 amide bonds. The average Bonchev–Trinajstić information content (AvgIpc) is 3.15. The summed E-state index contributed by atoms with van der Waals surface area (Å²) in [6, 6.07) is 22.3. The Labute approximate surface area is 182 Å². The Morgan fingerprint density at radius 1 is 1.10 bits per heavy atom. The molecule has 0 aliphatic heterocycles. The van der Waals surface area contributed by atoms with E-state index in [0.29, 0.717) is 22.5 Å². The smallest absolute Gasteiger partial charge is 0.342 e. The highest BCUT2D eigenvalue weighted by molar-refractivity contribution is 8.04. The standard InChI is InChI=1S/C23H17ClN2O3S/c24-17-5-3-4-16(12-17)14-29-18-10-8-15(9-11-18)13-21(22(27)28)30-23-25-19-6-1-2-7-20(19)26-23/h1-13H,14H2,(H,25,26)(H,27,28)/b21-13-. The summed E-state index contributed by atoms with van der Waals surface area (Å²) in [7, 11) is 0. The Morgan fingerprint density at radius 3 is 2.63 bits per heavy atom. The van der Waals surface area contributed by atoms with E-state index < -0.39 is 5.97 Å². The number of fused-ring (bicyclic) bond motifs is 1. The second-order valence-corrected chi connectivity index (χ2v) is 7.93. The predicted molar refractivity (Wildman–Crippen MR) is 120 cm³/mol. The van der Waals surface area contributed by atoms with Gasteiger partial charge in [0.2, 0.25) is 0 Å². The number of aromatic amines is 1. The van der Waals surface area contributed by atoms with Gasteiger partial charge in [0.1, 0.15) is 17.3 Å². The van der Waals surface area contributed by atoms with E-state index in [4.69, 9.17) is 16.3 Å². The zero-order valence-electron chi connectivity index (χ0n) is 15.7. The molecule has 0 aliphatic rings. The van der Waals surface area contributed by atoms with Crippen LogP contribution in [0.4, 0.5) is 0 Å². The van der Waals surface area contributed by atoms with Gasteiger partial charge in [-0.1, -0.05) is 48.0 Å². The highest BCUT2D eigenvalue weighted by Crippen LogP contribution is 2.28. The van der Waals surface area contributed by atoms with Crippen LogP contribution in [0, 0.1) is 0 Å². The van der Waals surface area contributed by atoms with Gasteiger partial charge in [-0.3, -0.25) is 0 Å². The minimum Gasteiger partial charge on any atom is -0.489 e. The molecule has 0 saturated heterocycles. The third-order valence-corrected chi connectivity index (χ3v) is 5.39. The molecule has 0 atom stereocenters. The second kappa shape index (κ2) is 9.07. The molecular formula is C23H17ClN2O3S. The molecule has 5 nitrogen and oxygen atoms in total. The molecule has 0 spiro atoms. The van der Waals surface area contributed by atoms with Crippen LogP contribution in [0.3, 0.4) is 0 Å². The number of benzene rings is 3. The van der Waals surface area contributed by atoms with Crippen molar-refractivity contribution in [3.63, 3.8) is 0 Å². The molecule has 3 aromatic carbocycles. The van der Waals surface area contributed by atoms with Crippen molar-refractivity contribution in [1.29, 1.82) is 0 Å². The molecule has 1 aromatic heterocycles. The number of rotatable bonds is 7. The molecule has 1 heterocycles. The number of H-pyrrole nitrogens is 1. The molecule has 4 rings (SSSR count). The van der Waals surface area contributed by atoms with E-state index in [1.54, 1.807) is 6.08 Å². The van der Waals surface area contributed by atoms with Gasteiger partial charge in [0.05, 0.1) is 11.0 Å². The van der Waals surface area contributed by atoms with Gasteiger partial charge in [-0.15, -0.1) is 0 Å². The number of carboxylic acids is 1. The van der Waals surface area contributed by atoms with Gasteiger partial charge in [-0.25, -0.2) is 9.78 Å². The number of aromatic nitrogens is 2. The van der Waals surface area contributed by atoms with Crippen LogP contribution in [0.25, 0.3) is 17.1 Å². The number of halogens is 1. The lowest BCUT2D eigenvalue weighted by atomic mass is 10.2. The number of imidazole rings is 1. The fourth-order valence-electron chi connectivity index (χ4n) is 2.82. The molecule has 0 aliphatic carbocycles. The van der Waals surface area contributed by atoms with Crippen molar-refractivity contribution in [2.75, 3.05) is 0 Å². The minimum absolute atomic E-state index is 0.168. The quantitative estimate of drug-likeness (QED) is 0.274. The van der Waals surface area contributed by atoms with Crippen LogP contribution in [0.2, 0.25) is 5.02 Å². The van der Waals surface area contributed by atoms with E-state index in [0.717, 1.165) is 33.9 Å². The van der Waals surface area contributed by atoms with Crippen LogP contribution in [0.1, 0.15) is 11.1 Å². The zero-order chi connectivity index (χ0) is 20.9. The normalized spacial score (nSPS) is 11.6. The summed E-state index contributed by atoms with van der Waals surface area (Å²) >= 11 is 7.07. The predicted octanol–water partition coefficient (Wildman–Crippen LogP) is 6.01. The number of aliphatic carboxylic acids is 1. The van der Waals surface area contributed by atoms with Crippen molar-refractivity contribution in [3.05, 3.63) is 93.9 Å². The van der Waals surface area contributed by atoms with Crippen molar-refractivity contribution >= 4 is 46.4 Å². The topological polar surface area (TPSA) is 75.2 Å². The van der Waals surface area contributed by atoms with Crippen LogP contribution >= 0.6 is 23.4 Å². The first-order chi connectivity index (χ1) is 14.6. The Balaban J connectivity index is 1.46. The van der Waals surface area contributed by atoms with E-state index >= 15 is 0 Å². The second-order valence-electron chi connectivity index (χ2n) is 6.46. The Morgan fingerprint density at radius 2 is 1.90 bits per heavy atom. The maximum atomic E-state index is 11.7. The van der Waals surface area contributed by atoms with Crippen LogP contribution in [-0.4, -0.2) is 21.0 Å². The Hall–Kier alpha value is -3.22. The van der Waals surface area contributed by atoms with Gasteiger partial charge in [0.15, 0.2) is 5.16 Å². The van der Waals surface area contributed by atoms with Crippen LogP contribution in [0.15, 0.2) is 82.9 Å². The van der Waals surface area contributed by atoms with Gasteiger partial charge in [-0.05, 0) is 65.4 Å². The summed E-state index contributed by atoms with van der Waals surface area (Å²) in [6.07, 6.45) is 1.61. The van der Waals surface area contributed by atoms with Crippen molar-refractivity contribution in [3.8, 4) is 5.75 Å². The SMILES string of the molecule is O=C(O)/C(=C/c1ccc(OCc2cccc(Cl)c2)cc1)Sc1nc2ccccc2[nH]1. The molecule has 0 saturated carbocycles. The molecule has 0 radical (unpaired) electrons. The number of carbonyl (C=O) groups is 1. The number of ether oxygens (including phenoxy) is 1. The van der Waals surface area contributed by atoms with Gasteiger partial charge in [0, 0.05) is 5.02 Å². The fourth-order valence-corrected chi connectivity index (χ4v) is 3.83. The van der Waals surface area contributed by atoms with E-state index in [2.05, 4.69) is 9.97 Å². The number of nitrogens with one attached hydrogen (secondary N) is 1. The Bertz CT molecular complexity index is 1190. The van der Waals surface area contributed by atoms with Crippen molar-refractivity contribution < 1.29 is 14.6 Å². The molecule has 2 N–H and O–H groups in total. The molecule has 4 aromatic rings. The Kier molecular flexibility index (Phi) is 6.07. The minimum atomic E-state index is -1.01. The van der Waals surface area contributed by atoms with E-state index in [1.807, 2.05) is 72.8 Å². The maximum Gasteiger partial charge on any atom is 0.342 e. The van der Waals surface area contributed by atoms with E-state index in [-0.39, 0.29) is 4.91 Å². The molecule has 0 fully saturated rings. The lowest BCUT2D eigenvalue weighted by Crippen LogP contribution is -1.97. The van der Waals surface area contributed by atoms with Crippen molar-refractivity contribution in [1.82, 2.24) is 9.97 Å². The summed E-state index contributed by atoms with van der Waals surface area (Å²) in [5.74, 6) is -0.323. The molecule has 7 heteroatoms. The zero-order valence-corrected chi connectivity index (χ0v) is 17.3. The van der Waals surface area contributed by atoms with Gasteiger partial charge >= 0.3 is 5.97 Å². The van der Waals surface area contributed by atoms with Crippen molar-refractivity contribution in [2.24, 2.45) is 0 Å². The van der Waals surface area contributed by atoms with Crippen LogP contribution in [-0.2, 0) is 11.4 Å². The summed E-state index contributed by atoms with van der Waals surface area (Å²) in [5.41, 5.74) is 3.39.